The summed E-state index contributed by atoms with van der Waals surface area (Å²) < 4.78 is 2.66. The fraction of sp³-hybridized carbons (Fsp3) is 0. The van der Waals surface area contributed by atoms with Gasteiger partial charge in [0.15, 0.2) is 0 Å². The highest BCUT2D eigenvalue weighted by Gasteiger charge is 2.14. The third-order valence-corrected chi connectivity index (χ3v) is 6.30. The van der Waals surface area contributed by atoms with Crippen molar-refractivity contribution in [3.05, 3.63) is 79.0 Å². The molecular weight excluding hydrogens is 336 g/mol. The Kier molecular flexibility index (Phi) is 2.79. The van der Waals surface area contributed by atoms with Gasteiger partial charge in [0.25, 0.3) is 0 Å². The molecule has 6 rings (SSSR count). The molecule has 0 unspecified atom stereocenters. The minimum atomic E-state index is 0.997. The van der Waals surface area contributed by atoms with E-state index in [0.717, 1.165) is 16.8 Å². The normalized spacial score (nSPS) is 11.8. The molecule has 0 fully saturated rings. The van der Waals surface area contributed by atoms with Gasteiger partial charge in [0, 0.05) is 38.0 Å². The third-order valence-electron chi connectivity index (χ3n) is 5.09. The van der Waals surface area contributed by atoms with Crippen molar-refractivity contribution in [2.75, 3.05) is 0 Å². The Balaban J connectivity index is 1.78. The lowest BCUT2D eigenvalue weighted by molar-refractivity contribution is 1.33. The number of thiophene rings is 1. The minimum Gasteiger partial charge on any atom is -0.353 e. The van der Waals surface area contributed by atoms with Crippen LogP contribution in [0.5, 0.6) is 0 Å². The van der Waals surface area contributed by atoms with Gasteiger partial charge in [0.2, 0.25) is 0 Å². The Labute approximate surface area is 153 Å². The number of nitrogens with zero attached hydrogens (tertiary/aromatic N) is 1. The van der Waals surface area contributed by atoms with Crippen LogP contribution in [0.2, 0.25) is 0 Å². The maximum atomic E-state index is 4.55. The molecule has 0 bridgehead atoms. The molecular formula is C23H14N2S. The van der Waals surface area contributed by atoms with E-state index < -0.39 is 0 Å². The second-order valence-corrected chi connectivity index (χ2v) is 7.58. The number of H-pyrrole nitrogens is 1. The molecule has 3 aromatic carbocycles. The van der Waals surface area contributed by atoms with E-state index in [2.05, 4.69) is 70.6 Å². The monoisotopic (exact) mass is 350 g/mol. The topological polar surface area (TPSA) is 28.7 Å². The summed E-state index contributed by atoms with van der Waals surface area (Å²) in [6, 6.07) is 25.7. The summed E-state index contributed by atoms with van der Waals surface area (Å²) in [6.45, 7) is 0. The van der Waals surface area contributed by atoms with Gasteiger partial charge in [0.1, 0.15) is 0 Å². The smallest absolute Gasteiger partial charge is 0.0723 e. The van der Waals surface area contributed by atoms with Crippen LogP contribution in [0.1, 0.15) is 0 Å². The summed E-state index contributed by atoms with van der Waals surface area (Å²) in [5.74, 6) is 0. The number of rotatable bonds is 1. The average Bonchev–Trinajstić information content (AvgIpc) is 3.27. The van der Waals surface area contributed by atoms with E-state index in [4.69, 9.17) is 0 Å². The van der Waals surface area contributed by atoms with Crippen molar-refractivity contribution in [3.8, 4) is 11.3 Å². The van der Waals surface area contributed by atoms with Gasteiger partial charge in [0.05, 0.1) is 21.4 Å². The molecule has 3 heterocycles. The van der Waals surface area contributed by atoms with Crippen molar-refractivity contribution in [2.45, 2.75) is 0 Å². The van der Waals surface area contributed by atoms with Crippen LogP contribution in [0.25, 0.3) is 53.2 Å². The van der Waals surface area contributed by atoms with Gasteiger partial charge in [-0.2, -0.15) is 0 Å². The van der Waals surface area contributed by atoms with E-state index >= 15 is 0 Å². The van der Waals surface area contributed by atoms with Gasteiger partial charge in [-0.1, -0.05) is 54.6 Å². The third kappa shape index (κ3) is 1.83. The second kappa shape index (κ2) is 5.16. The van der Waals surface area contributed by atoms with Crippen molar-refractivity contribution in [2.24, 2.45) is 0 Å². The highest BCUT2D eigenvalue weighted by atomic mass is 32.1. The van der Waals surface area contributed by atoms with Crippen LogP contribution in [-0.2, 0) is 0 Å². The van der Waals surface area contributed by atoms with Crippen molar-refractivity contribution >= 4 is 53.3 Å². The minimum absolute atomic E-state index is 0.997. The predicted molar refractivity (Wildman–Crippen MR) is 112 cm³/mol. The number of aromatic nitrogens is 2. The summed E-state index contributed by atoms with van der Waals surface area (Å²) in [6.07, 6.45) is 1.85. The number of aromatic amines is 1. The number of pyridine rings is 1. The summed E-state index contributed by atoms with van der Waals surface area (Å²) in [4.78, 5) is 8.27. The fourth-order valence-electron chi connectivity index (χ4n) is 3.91. The highest BCUT2D eigenvalue weighted by Crippen LogP contribution is 2.41. The molecule has 0 amide bonds. The lowest BCUT2D eigenvalue weighted by atomic mass is 10.1. The number of hydrogen-bond acceptors (Lipinski definition) is 2. The maximum absolute atomic E-state index is 4.55. The Morgan fingerprint density at radius 2 is 1.46 bits per heavy atom. The zero-order chi connectivity index (χ0) is 17.1. The first-order chi connectivity index (χ1) is 12.9. The van der Waals surface area contributed by atoms with E-state index in [9.17, 15) is 0 Å². The largest absolute Gasteiger partial charge is 0.353 e. The standard InChI is InChI=1S/C23H14N2S/c1-2-10-20-14(6-1)17-12-11-16-15-7-5-8-18(19-9-3-4-13-24-19)21(15)25-22(16)23(17)26-20/h1-13,25H. The maximum Gasteiger partial charge on any atom is 0.0723 e. The molecule has 0 aliphatic rings. The number of fused-ring (bicyclic) bond motifs is 7. The number of para-hydroxylation sites is 1. The molecule has 0 aliphatic heterocycles. The molecule has 0 saturated heterocycles. The molecule has 1 N–H and O–H groups in total. The van der Waals surface area contributed by atoms with Gasteiger partial charge >= 0.3 is 0 Å². The summed E-state index contributed by atoms with van der Waals surface area (Å²) in [5, 5.41) is 5.18. The molecule has 2 nitrogen and oxygen atoms in total. The molecule has 0 atom stereocenters. The zero-order valence-corrected chi connectivity index (χ0v) is 14.7. The highest BCUT2D eigenvalue weighted by molar-refractivity contribution is 7.26. The van der Waals surface area contributed by atoms with Gasteiger partial charge in [-0.05, 0) is 18.2 Å². The molecule has 0 radical (unpaired) electrons. The van der Waals surface area contributed by atoms with Gasteiger partial charge < -0.3 is 4.98 Å². The van der Waals surface area contributed by atoms with Crippen LogP contribution < -0.4 is 0 Å². The molecule has 0 spiro atoms. The number of benzene rings is 3. The van der Waals surface area contributed by atoms with Crippen molar-refractivity contribution < 1.29 is 0 Å². The van der Waals surface area contributed by atoms with Crippen LogP contribution in [0, 0.1) is 0 Å². The first-order valence-corrected chi connectivity index (χ1v) is 9.48. The molecule has 3 aromatic heterocycles. The Bertz CT molecular complexity index is 1420. The lowest BCUT2D eigenvalue weighted by Crippen LogP contribution is -1.83. The lowest BCUT2D eigenvalue weighted by Gasteiger charge is -2.02. The van der Waals surface area contributed by atoms with Crippen molar-refractivity contribution in [1.82, 2.24) is 9.97 Å². The van der Waals surface area contributed by atoms with Gasteiger partial charge in [-0.25, -0.2) is 0 Å². The molecule has 26 heavy (non-hydrogen) atoms. The van der Waals surface area contributed by atoms with Crippen LogP contribution in [-0.4, -0.2) is 9.97 Å². The van der Waals surface area contributed by atoms with E-state index in [-0.39, 0.29) is 0 Å². The number of nitrogens with one attached hydrogen (secondary N) is 1. The molecule has 0 saturated carbocycles. The molecule has 3 heteroatoms. The first kappa shape index (κ1) is 14.0. The van der Waals surface area contributed by atoms with Crippen LogP contribution in [0.15, 0.2) is 79.0 Å². The van der Waals surface area contributed by atoms with Gasteiger partial charge in [-0.15, -0.1) is 11.3 Å². The summed E-state index contributed by atoms with van der Waals surface area (Å²) >= 11 is 1.86. The fourth-order valence-corrected chi connectivity index (χ4v) is 5.11. The zero-order valence-electron chi connectivity index (χ0n) is 13.9. The summed E-state index contributed by atoms with van der Waals surface area (Å²) in [7, 11) is 0. The van der Waals surface area contributed by atoms with Crippen LogP contribution in [0.3, 0.4) is 0 Å². The quantitative estimate of drug-likeness (QED) is 0.349. The Hall–Kier alpha value is -3.17. The Morgan fingerprint density at radius 3 is 2.38 bits per heavy atom. The molecule has 6 aromatic rings. The second-order valence-electron chi connectivity index (χ2n) is 6.53. The predicted octanol–water partition coefficient (Wildman–Crippen LogP) is 6.75. The molecule has 122 valence electrons. The molecule has 0 aliphatic carbocycles. The average molecular weight is 350 g/mol. The van der Waals surface area contributed by atoms with Crippen molar-refractivity contribution in [3.63, 3.8) is 0 Å². The Morgan fingerprint density at radius 1 is 0.654 bits per heavy atom. The SMILES string of the molecule is c1ccc(-c2cccc3c2[nH]c2c3ccc3c4ccccc4sc32)nc1. The first-order valence-electron chi connectivity index (χ1n) is 8.66. The van der Waals surface area contributed by atoms with Gasteiger partial charge in [-0.3, -0.25) is 4.98 Å². The van der Waals surface area contributed by atoms with Crippen LogP contribution >= 0.6 is 11.3 Å². The van der Waals surface area contributed by atoms with Crippen molar-refractivity contribution in [1.29, 1.82) is 0 Å². The van der Waals surface area contributed by atoms with E-state index in [1.807, 2.05) is 29.7 Å². The van der Waals surface area contributed by atoms with E-state index in [1.165, 1.54) is 36.5 Å². The summed E-state index contributed by atoms with van der Waals surface area (Å²) in [5.41, 5.74) is 4.53. The van der Waals surface area contributed by atoms with Crippen LogP contribution in [0.4, 0.5) is 0 Å². The number of hydrogen-bond donors (Lipinski definition) is 1. The van der Waals surface area contributed by atoms with E-state index in [0.29, 0.717) is 0 Å². The van der Waals surface area contributed by atoms with E-state index in [1.54, 1.807) is 0 Å².